The van der Waals surface area contributed by atoms with Crippen molar-refractivity contribution in [3.63, 3.8) is 0 Å². The fraction of sp³-hybridized carbons (Fsp3) is 1.00. The normalized spacial score (nSPS) is 34.2. The van der Waals surface area contributed by atoms with Crippen LogP contribution in [-0.2, 0) is 14.2 Å². The lowest BCUT2D eigenvalue weighted by atomic mass is 10.3. The van der Waals surface area contributed by atoms with E-state index >= 15 is 0 Å². The van der Waals surface area contributed by atoms with Crippen LogP contribution in [0.4, 0.5) is 0 Å². The lowest BCUT2D eigenvalue weighted by Crippen LogP contribution is -2.42. The molecule has 0 bridgehead atoms. The molecule has 0 aromatic carbocycles. The second kappa shape index (κ2) is 3.88. The predicted octanol–water partition coefficient (Wildman–Crippen LogP) is -0.319. The summed E-state index contributed by atoms with van der Waals surface area (Å²) < 4.78 is 15.2. The van der Waals surface area contributed by atoms with Crippen LogP contribution in [0.3, 0.4) is 0 Å². The van der Waals surface area contributed by atoms with E-state index in [1.807, 2.05) is 6.92 Å². The van der Waals surface area contributed by atoms with E-state index in [1.54, 1.807) is 0 Å². The lowest BCUT2D eigenvalue weighted by Gasteiger charge is -2.26. The van der Waals surface area contributed by atoms with E-state index in [2.05, 4.69) is 0 Å². The third-order valence-corrected chi connectivity index (χ3v) is 1.20. The first-order chi connectivity index (χ1) is 4.83. The smallest absolute Gasteiger partial charge is 0.271 e. The summed E-state index contributed by atoms with van der Waals surface area (Å²) >= 11 is 0. The van der Waals surface area contributed by atoms with E-state index in [9.17, 15) is 0 Å². The highest BCUT2D eigenvalue weighted by Crippen LogP contribution is 2.04. The molecule has 1 rings (SSSR count). The van der Waals surface area contributed by atoms with Crippen molar-refractivity contribution in [3.05, 3.63) is 0 Å². The van der Waals surface area contributed by atoms with Crippen molar-refractivity contribution < 1.29 is 14.2 Å². The van der Waals surface area contributed by atoms with E-state index in [0.29, 0.717) is 19.8 Å². The monoisotopic (exact) mass is 147 g/mol. The molecule has 2 N–H and O–H groups in total. The van der Waals surface area contributed by atoms with E-state index in [1.165, 1.54) is 0 Å². The minimum atomic E-state index is -0.496. The SMILES string of the molecule is CCOC1OCC(N)CO1. The Morgan fingerprint density at radius 1 is 1.50 bits per heavy atom. The Morgan fingerprint density at radius 2 is 2.10 bits per heavy atom. The number of ether oxygens (including phenoxy) is 3. The lowest BCUT2D eigenvalue weighted by molar-refractivity contribution is -0.312. The van der Waals surface area contributed by atoms with Gasteiger partial charge in [0.05, 0.1) is 19.3 Å². The zero-order valence-electron chi connectivity index (χ0n) is 6.08. The Labute approximate surface area is 60.2 Å². The van der Waals surface area contributed by atoms with Crippen LogP contribution in [0, 0.1) is 0 Å². The number of hydrogen-bond acceptors (Lipinski definition) is 4. The molecule has 1 fully saturated rings. The minimum Gasteiger partial charge on any atom is -0.330 e. The summed E-state index contributed by atoms with van der Waals surface area (Å²) in [5.41, 5.74) is 5.49. The van der Waals surface area contributed by atoms with Gasteiger partial charge in [-0.15, -0.1) is 0 Å². The van der Waals surface area contributed by atoms with Crippen LogP contribution >= 0.6 is 0 Å². The highest BCUT2D eigenvalue weighted by molar-refractivity contribution is 4.60. The molecule has 0 radical (unpaired) electrons. The first-order valence-electron chi connectivity index (χ1n) is 3.43. The van der Waals surface area contributed by atoms with E-state index in [4.69, 9.17) is 19.9 Å². The highest BCUT2D eigenvalue weighted by atomic mass is 16.8. The third-order valence-electron chi connectivity index (χ3n) is 1.20. The Bertz CT molecular complexity index is 91.0. The molecule has 1 aliphatic rings. The molecular formula is C6H13NO3. The zero-order valence-corrected chi connectivity index (χ0v) is 6.08. The number of hydrogen-bond donors (Lipinski definition) is 1. The van der Waals surface area contributed by atoms with Crippen LogP contribution in [0.25, 0.3) is 0 Å². The van der Waals surface area contributed by atoms with Gasteiger partial charge in [-0.1, -0.05) is 0 Å². The van der Waals surface area contributed by atoms with Gasteiger partial charge in [-0.2, -0.15) is 0 Å². The molecule has 60 valence electrons. The molecule has 1 aliphatic heterocycles. The van der Waals surface area contributed by atoms with Crippen molar-refractivity contribution in [1.29, 1.82) is 0 Å². The van der Waals surface area contributed by atoms with Gasteiger partial charge in [-0.05, 0) is 6.92 Å². The molecular weight excluding hydrogens is 134 g/mol. The Balaban J connectivity index is 2.13. The van der Waals surface area contributed by atoms with Crippen molar-refractivity contribution in [1.82, 2.24) is 0 Å². The average molecular weight is 147 g/mol. The summed E-state index contributed by atoms with van der Waals surface area (Å²) in [6.45, 7) is 3.03. The maximum Gasteiger partial charge on any atom is 0.271 e. The van der Waals surface area contributed by atoms with Crippen molar-refractivity contribution in [2.24, 2.45) is 5.73 Å². The summed E-state index contributed by atoms with van der Waals surface area (Å²) in [6, 6.07) is -0.00305. The first-order valence-corrected chi connectivity index (χ1v) is 3.43. The van der Waals surface area contributed by atoms with Crippen molar-refractivity contribution in [2.45, 2.75) is 19.4 Å². The summed E-state index contributed by atoms with van der Waals surface area (Å²) in [4.78, 5) is 0. The van der Waals surface area contributed by atoms with Crippen molar-refractivity contribution in [3.8, 4) is 0 Å². The van der Waals surface area contributed by atoms with Crippen LogP contribution in [0.5, 0.6) is 0 Å². The fourth-order valence-electron chi connectivity index (χ4n) is 0.733. The molecule has 0 amide bonds. The second-order valence-corrected chi connectivity index (χ2v) is 2.17. The van der Waals surface area contributed by atoms with Crippen LogP contribution in [-0.4, -0.2) is 32.3 Å². The molecule has 0 unspecified atom stereocenters. The summed E-state index contributed by atoms with van der Waals surface area (Å²) in [5.74, 6) is 0. The van der Waals surface area contributed by atoms with Gasteiger partial charge in [0.25, 0.3) is 6.48 Å². The Hall–Kier alpha value is -0.160. The molecule has 0 atom stereocenters. The molecule has 1 saturated heterocycles. The second-order valence-electron chi connectivity index (χ2n) is 2.17. The summed E-state index contributed by atoms with van der Waals surface area (Å²) in [6.07, 6.45) is 0. The van der Waals surface area contributed by atoms with Crippen molar-refractivity contribution in [2.75, 3.05) is 19.8 Å². The number of nitrogens with two attached hydrogens (primary N) is 1. The van der Waals surface area contributed by atoms with Crippen LogP contribution < -0.4 is 5.73 Å². The molecule has 0 saturated carbocycles. The Morgan fingerprint density at radius 3 is 2.60 bits per heavy atom. The standard InChI is InChI=1S/C6H13NO3/c1-2-8-6-9-3-5(7)4-10-6/h5-6H,2-4,7H2,1H3. The predicted molar refractivity (Wildman–Crippen MR) is 35.3 cm³/mol. The first kappa shape index (κ1) is 7.94. The van der Waals surface area contributed by atoms with Gasteiger partial charge in [0.2, 0.25) is 0 Å². The summed E-state index contributed by atoms with van der Waals surface area (Å²) in [7, 11) is 0. The average Bonchev–Trinajstić information content (AvgIpc) is 1.95. The van der Waals surface area contributed by atoms with E-state index < -0.39 is 6.48 Å². The summed E-state index contributed by atoms with van der Waals surface area (Å²) in [5, 5.41) is 0. The van der Waals surface area contributed by atoms with Crippen molar-refractivity contribution >= 4 is 0 Å². The molecule has 0 aromatic rings. The quantitative estimate of drug-likeness (QED) is 0.581. The molecule has 0 aliphatic carbocycles. The third kappa shape index (κ3) is 2.22. The molecule has 0 aromatic heterocycles. The molecule has 4 heteroatoms. The van der Waals surface area contributed by atoms with Gasteiger partial charge in [-0.3, -0.25) is 0 Å². The van der Waals surface area contributed by atoms with Crippen LogP contribution in [0.1, 0.15) is 6.92 Å². The molecule has 1 heterocycles. The van der Waals surface area contributed by atoms with Gasteiger partial charge in [0.15, 0.2) is 0 Å². The fourth-order valence-corrected chi connectivity index (χ4v) is 0.733. The van der Waals surface area contributed by atoms with E-state index in [-0.39, 0.29) is 6.04 Å². The van der Waals surface area contributed by atoms with Gasteiger partial charge in [-0.25, -0.2) is 0 Å². The molecule has 0 spiro atoms. The largest absolute Gasteiger partial charge is 0.330 e. The molecule has 4 nitrogen and oxygen atoms in total. The maximum absolute atomic E-state index is 5.49. The molecule has 10 heavy (non-hydrogen) atoms. The van der Waals surface area contributed by atoms with Gasteiger partial charge >= 0.3 is 0 Å². The van der Waals surface area contributed by atoms with Crippen LogP contribution in [0.15, 0.2) is 0 Å². The van der Waals surface area contributed by atoms with Gasteiger partial charge in [0, 0.05) is 6.61 Å². The maximum atomic E-state index is 5.49. The topological polar surface area (TPSA) is 53.7 Å². The van der Waals surface area contributed by atoms with Gasteiger partial charge < -0.3 is 19.9 Å². The van der Waals surface area contributed by atoms with Crippen LogP contribution in [0.2, 0.25) is 0 Å². The minimum absolute atomic E-state index is 0.00305. The van der Waals surface area contributed by atoms with E-state index in [0.717, 1.165) is 0 Å². The Kier molecular flexibility index (Phi) is 3.08. The highest BCUT2D eigenvalue weighted by Gasteiger charge is 2.18. The van der Waals surface area contributed by atoms with Gasteiger partial charge in [0.1, 0.15) is 0 Å². The number of rotatable bonds is 2. The zero-order chi connectivity index (χ0) is 7.40.